The quantitative estimate of drug-likeness (QED) is 0.812. The number of aromatic nitrogens is 1. The van der Waals surface area contributed by atoms with E-state index in [1.54, 1.807) is 17.2 Å². The largest absolute Gasteiger partial charge is 0.341 e. The van der Waals surface area contributed by atoms with Crippen molar-refractivity contribution in [3.05, 3.63) is 42.1 Å². The number of hydrogen-bond donors (Lipinski definition) is 0. The number of benzene rings is 1. The minimum Gasteiger partial charge on any atom is -0.341 e. The van der Waals surface area contributed by atoms with Gasteiger partial charge < -0.3 is 4.90 Å². The molecular weight excluding hydrogens is 272 g/mol. The first-order valence-corrected chi connectivity index (χ1v) is 7.32. The lowest BCUT2D eigenvalue weighted by atomic mass is 9.84. The first-order chi connectivity index (χ1) is 9.65. The zero-order valence-electron chi connectivity index (χ0n) is 11.4. The molecule has 104 valence electrons. The van der Waals surface area contributed by atoms with Crippen LogP contribution in [0, 0.1) is 5.92 Å². The van der Waals surface area contributed by atoms with E-state index in [-0.39, 0.29) is 5.91 Å². The van der Waals surface area contributed by atoms with E-state index < -0.39 is 0 Å². The minimum atomic E-state index is 0.0571. The number of pyridine rings is 1. The molecule has 4 heteroatoms. The Morgan fingerprint density at radius 3 is 2.85 bits per heavy atom. The third kappa shape index (κ3) is 2.50. The van der Waals surface area contributed by atoms with Crippen molar-refractivity contribution in [3.63, 3.8) is 0 Å². The van der Waals surface area contributed by atoms with Crippen LogP contribution in [0.25, 0.3) is 10.9 Å². The molecule has 0 spiro atoms. The molecule has 0 atom stereocenters. The number of carbonyl (C=O) groups is 1. The lowest BCUT2D eigenvalue weighted by Gasteiger charge is -2.34. The van der Waals surface area contributed by atoms with Gasteiger partial charge in [-0.25, -0.2) is 0 Å². The summed E-state index contributed by atoms with van der Waals surface area (Å²) >= 11 is 5.99. The van der Waals surface area contributed by atoms with Crippen LogP contribution in [-0.4, -0.2) is 34.8 Å². The zero-order chi connectivity index (χ0) is 14.1. The van der Waals surface area contributed by atoms with E-state index in [1.165, 1.54) is 0 Å². The first kappa shape index (κ1) is 13.4. The van der Waals surface area contributed by atoms with Gasteiger partial charge in [0.05, 0.1) is 11.1 Å². The van der Waals surface area contributed by atoms with Crippen molar-refractivity contribution in [1.82, 2.24) is 9.88 Å². The van der Waals surface area contributed by atoms with Gasteiger partial charge in [0.25, 0.3) is 5.91 Å². The van der Waals surface area contributed by atoms with Crippen molar-refractivity contribution in [2.45, 2.75) is 18.2 Å². The Bertz CT molecular complexity index is 632. The number of fused-ring (bicyclic) bond motifs is 1. The molecule has 1 aromatic heterocycles. The highest BCUT2D eigenvalue weighted by Gasteiger charge is 2.29. The van der Waals surface area contributed by atoms with Gasteiger partial charge in [-0.15, -0.1) is 11.6 Å². The molecule has 1 fully saturated rings. The summed E-state index contributed by atoms with van der Waals surface area (Å²) in [4.78, 5) is 18.7. The molecule has 3 rings (SSSR count). The minimum absolute atomic E-state index is 0.0571. The normalized spacial score (nSPS) is 21.5. The van der Waals surface area contributed by atoms with Gasteiger partial charge in [0.2, 0.25) is 0 Å². The molecule has 0 bridgehead atoms. The fourth-order valence-electron chi connectivity index (χ4n) is 2.76. The Hall–Kier alpha value is -1.61. The van der Waals surface area contributed by atoms with Crippen LogP contribution in [0.5, 0.6) is 0 Å². The summed E-state index contributed by atoms with van der Waals surface area (Å²) in [5.41, 5.74) is 1.58. The fourth-order valence-corrected chi connectivity index (χ4v) is 3.27. The average Bonchev–Trinajstić information content (AvgIpc) is 2.44. The third-order valence-corrected chi connectivity index (χ3v) is 4.29. The highest BCUT2D eigenvalue weighted by molar-refractivity contribution is 6.21. The molecule has 1 aliphatic carbocycles. The van der Waals surface area contributed by atoms with Gasteiger partial charge in [-0.3, -0.25) is 9.78 Å². The molecule has 0 unspecified atom stereocenters. The number of hydrogen-bond acceptors (Lipinski definition) is 2. The maximum Gasteiger partial charge on any atom is 0.254 e. The van der Waals surface area contributed by atoms with E-state index in [4.69, 9.17) is 11.6 Å². The second kappa shape index (κ2) is 5.41. The molecule has 1 saturated carbocycles. The molecule has 2 aromatic rings. The number of halogens is 1. The monoisotopic (exact) mass is 288 g/mol. The SMILES string of the molecule is CN(CC1CC(Cl)C1)C(=O)c1ccnc2ccccc12. The Kier molecular flexibility index (Phi) is 3.62. The fraction of sp³-hybridized carbons (Fsp3) is 0.375. The second-order valence-electron chi connectivity index (χ2n) is 5.50. The molecule has 1 aromatic carbocycles. The number of para-hydroxylation sites is 1. The molecule has 3 nitrogen and oxygen atoms in total. The summed E-state index contributed by atoms with van der Waals surface area (Å²) in [7, 11) is 1.86. The van der Waals surface area contributed by atoms with Crippen molar-refractivity contribution in [2.75, 3.05) is 13.6 Å². The van der Waals surface area contributed by atoms with Gasteiger partial charge in [-0.2, -0.15) is 0 Å². The van der Waals surface area contributed by atoms with Crippen molar-refractivity contribution >= 4 is 28.4 Å². The number of nitrogens with zero attached hydrogens (tertiary/aromatic N) is 2. The maximum absolute atomic E-state index is 12.6. The van der Waals surface area contributed by atoms with Crippen LogP contribution in [0.4, 0.5) is 0 Å². The summed E-state index contributed by atoms with van der Waals surface area (Å²) in [5, 5.41) is 1.21. The van der Waals surface area contributed by atoms with Gasteiger partial charge >= 0.3 is 0 Å². The summed E-state index contributed by atoms with van der Waals surface area (Å²) in [6, 6.07) is 9.54. The number of amides is 1. The Morgan fingerprint density at radius 1 is 1.35 bits per heavy atom. The number of carbonyl (C=O) groups excluding carboxylic acids is 1. The van der Waals surface area contributed by atoms with Crippen LogP contribution < -0.4 is 0 Å². The van der Waals surface area contributed by atoms with Gasteiger partial charge in [-0.05, 0) is 30.9 Å². The third-order valence-electron chi connectivity index (χ3n) is 3.94. The Labute approximate surface area is 123 Å². The molecule has 0 saturated heterocycles. The first-order valence-electron chi connectivity index (χ1n) is 6.88. The Balaban J connectivity index is 1.81. The smallest absolute Gasteiger partial charge is 0.254 e. The Morgan fingerprint density at radius 2 is 2.10 bits per heavy atom. The van der Waals surface area contributed by atoms with Crippen molar-refractivity contribution in [2.24, 2.45) is 5.92 Å². The van der Waals surface area contributed by atoms with E-state index in [2.05, 4.69) is 4.98 Å². The average molecular weight is 289 g/mol. The lowest BCUT2D eigenvalue weighted by Crippen LogP contribution is -2.38. The maximum atomic E-state index is 12.6. The second-order valence-corrected chi connectivity index (χ2v) is 6.11. The summed E-state index contributed by atoms with van der Waals surface area (Å²) in [5.74, 6) is 0.598. The predicted octanol–water partition coefficient (Wildman–Crippen LogP) is 3.32. The molecule has 0 N–H and O–H groups in total. The van der Waals surface area contributed by atoms with Crippen molar-refractivity contribution < 1.29 is 4.79 Å². The van der Waals surface area contributed by atoms with Crippen molar-refractivity contribution in [1.29, 1.82) is 0 Å². The number of rotatable bonds is 3. The van der Waals surface area contributed by atoms with Gasteiger partial charge in [0.1, 0.15) is 0 Å². The molecule has 1 aliphatic rings. The van der Waals surface area contributed by atoms with Gasteiger partial charge in [-0.1, -0.05) is 18.2 Å². The molecule has 0 radical (unpaired) electrons. The zero-order valence-corrected chi connectivity index (χ0v) is 12.2. The summed E-state index contributed by atoms with van der Waals surface area (Å²) in [6.07, 6.45) is 3.72. The molecule has 20 heavy (non-hydrogen) atoms. The molecule has 1 heterocycles. The lowest BCUT2D eigenvalue weighted by molar-refractivity contribution is 0.0749. The van der Waals surface area contributed by atoms with Crippen LogP contribution >= 0.6 is 11.6 Å². The van der Waals surface area contributed by atoms with Crippen LogP contribution in [0.15, 0.2) is 36.5 Å². The van der Waals surface area contributed by atoms with E-state index in [9.17, 15) is 4.79 Å². The van der Waals surface area contributed by atoms with Crippen LogP contribution in [0.1, 0.15) is 23.2 Å². The van der Waals surface area contributed by atoms with E-state index >= 15 is 0 Å². The molecule has 0 aliphatic heterocycles. The van der Waals surface area contributed by atoms with E-state index in [1.807, 2.05) is 31.3 Å². The summed E-state index contributed by atoms with van der Waals surface area (Å²) < 4.78 is 0. The predicted molar refractivity (Wildman–Crippen MR) is 81.1 cm³/mol. The highest BCUT2D eigenvalue weighted by Crippen LogP contribution is 2.32. The van der Waals surface area contributed by atoms with E-state index in [0.717, 1.165) is 35.9 Å². The van der Waals surface area contributed by atoms with Crippen molar-refractivity contribution in [3.8, 4) is 0 Å². The standard InChI is InChI=1S/C16H17ClN2O/c1-19(10-11-8-12(17)9-11)16(20)14-6-7-18-15-5-3-2-4-13(14)15/h2-7,11-12H,8-10H2,1H3. The van der Waals surface area contributed by atoms with E-state index in [0.29, 0.717) is 11.3 Å². The molecular formula is C16H17ClN2O. The van der Waals surface area contributed by atoms with Gasteiger partial charge in [0.15, 0.2) is 0 Å². The summed E-state index contributed by atoms with van der Waals surface area (Å²) in [6.45, 7) is 0.776. The topological polar surface area (TPSA) is 33.2 Å². The van der Waals surface area contributed by atoms with Crippen LogP contribution in [0.3, 0.4) is 0 Å². The van der Waals surface area contributed by atoms with Crippen LogP contribution in [0.2, 0.25) is 0 Å². The van der Waals surface area contributed by atoms with Gasteiger partial charge in [0, 0.05) is 30.6 Å². The van der Waals surface area contributed by atoms with Crippen LogP contribution in [-0.2, 0) is 0 Å². The highest BCUT2D eigenvalue weighted by atomic mass is 35.5. The molecule has 1 amide bonds. The number of alkyl halides is 1.